The van der Waals surface area contributed by atoms with E-state index in [9.17, 15) is 4.39 Å². The summed E-state index contributed by atoms with van der Waals surface area (Å²) in [5.74, 6) is -0.287. The van der Waals surface area contributed by atoms with Crippen LogP contribution in [0.5, 0.6) is 0 Å². The van der Waals surface area contributed by atoms with Crippen LogP contribution in [0.25, 0.3) is 90.9 Å². The Morgan fingerprint density at radius 2 is 0.507 bits per heavy atom. The van der Waals surface area contributed by atoms with Crippen molar-refractivity contribution in [3.63, 3.8) is 0 Å². The van der Waals surface area contributed by atoms with Gasteiger partial charge in [-0.15, -0.1) is 0 Å². The minimum absolute atomic E-state index is 0.107. The number of rotatable bonds is 4. The minimum Gasteiger partial charge on any atom is -0.354 e. The van der Waals surface area contributed by atoms with E-state index in [4.69, 9.17) is 9.97 Å². The second kappa shape index (κ2) is 17.8. The van der Waals surface area contributed by atoms with Gasteiger partial charge in [0.15, 0.2) is 0 Å². The van der Waals surface area contributed by atoms with Gasteiger partial charge in [-0.05, 0) is 149 Å². The summed E-state index contributed by atoms with van der Waals surface area (Å²) in [6.07, 6.45) is 8.68. The predicted molar refractivity (Wildman–Crippen MR) is 313 cm³/mol. The van der Waals surface area contributed by atoms with Gasteiger partial charge in [0.25, 0.3) is 0 Å². The van der Waals surface area contributed by atoms with E-state index < -0.39 is 0 Å². The summed E-state index contributed by atoms with van der Waals surface area (Å²) < 4.78 is 14.8. The van der Waals surface area contributed by atoms with E-state index in [1.54, 1.807) is 0 Å². The Kier molecular flexibility index (Phi) is 12.5. The summed E-state index contributed by atoms with van der Waals surface area (Å²) >= 11 is 0. The van der Waals surface area contributed by atoms with Crippen LogP contribution in [0.2, 0.25) is 0 Å². The Morgan fingerprint density at radius 3 is 0.726 bits per heavy atom. The third-order valence-corrected chi connectivity index (χ3v) is 14.7. The van der Waals surface area contributed by atoms with Crippen LogP contribution in [-0.4, -0.2) is 19.9 Å². The lowest BCUT2D eigenvalue weighted by Gasteiger charge is -2.26. The molecule has 5 heterocycles. The first-order valence-corrected chi connectivity index (χ1v) is 26.2. The molecule has 0 aliphatic carbocycles. The van der Waals surface area contributed by atoms with Gasteiger partial charge in [-0.1, -0.05) is 191 Å². The van der Waals surface area contributed by atoms with Crippen LogP contribution in [0.1, 0.15) is 181 Å². The van der Waals surface area contributed by atoms with E-state index >= 15 is 0 Å². The first-order valence-electron chi connectivity index (χ1n) is 26.2. The first-order chi connectivity index (χ1) is 33.8. The Hall–Kier alpha value is -6.59. The molecule has 0 saturated carbocycles. The Morgan fingerprint density at radius 1 is 0.288 bits per heavy atom. The molecule has 376 valence electrons. The van der Waals surface area contributed by atoms with Crippen molar-refractivity contribution < 1.29 is 4.39 Å². The number of nitrogens with one attached hydrogen (secondary N) is 2. The van der Waals surface area contributed by atoms with Crippen LogP contribution in [0.4, 0.5) is 4.39 Å². The van der Waals surface area contributed by atoms with Crippen molar-refractivity contribution in [1.82, 2.24) is 19.9 Å². The monoisotopic (exact) mass is 969 g/mol. The van der Waals surface area contributed by atoms with Crippen molar-refractivity contribution in [2.45, 2.75) is 157 Å². The van der Waals surface area contributed by atoms with E-state index in [0.717, 1.165) is 89.4 Å². The average Bonchev–Trinajstić information content (AvgIpc) is 4.13. The zero-order valence-corrected chi connectivity index (χ0v) is 46.9. The highest BCUT2D eigenvalue weighted by Crippen LogP contribution is 2.44. The smallest absolute Gasteiger partial charge is 0.123 e. The molecule has 4 aromatic carbocycles. The molecule has 73 heavy (non-hydrogen) atoms. The molecule has 2 aliphatic heterocycles. The highest BCUT2D eigenvalue weighted by atomic mass is 19.1. The van der Waals surface area contributed by atoms with Crippen LogP contribution in [-0.2, 0) is 32.5 Å². The van der Waals surface area contributed by atoms with Crippen LogP contribution in [0, 0.1) is 5.82 Å². The molecule has 0 radical (unpaired) electrons. The molecule has 5 heteroatoms. The number of benzene rings is 4. The average molecular weight is 969 g/mol. The number of halogens is 1. The number of H-pyrrole nitrogens is 2. The van der Waals surface area contributed by atoms with Crippen molar-refractivity contribution in [3.05, 3.63) is 165 Å². The maximum Gasteiger partial charge on any atom is 0.123 e. The van der Waals surface area contributed by atoms with Gasteiger partial charge in [0.2, 0.25) is 0 Å². The Balaban J connectivity index is 1.53. The SMILES string of the molecule is CC(C)(C)c1cc(-c2c3nc(c(-c4cc(C(C)(C)C)cc(C(C)(C)C)c4)c4ccc([nH]4)c(-c4cc(C(C)(C)C)cc(C(C)(C)C)c4)c4nc(c(-c5ccc(F)cc5)c5ccc2[nH]5)C=C4)C=C3)cc(C(C)(C)C)c1. The van der Waals surface area contributed by atoms with Gasteiger partial charge in [0.1, 0.15) is 5.82 Å². The normalized spacial score (nSPS) is 13.6. The highest BCUT2D eigenvalue weighted by Gasteiger charge is 2.28. The molecule has 0 unspecified atom stereocenters. The quantitative estimate of drug-likeness (QED) is 0.185. The van der Waals surface area contributed by atoms with E-state index in [-0.39, 0.29) is 38.3 Å². The lowest BCUT2D eigenvalue weighted by atomic mass is 9.78. The zero-order chi connectivity index (χ0) is 53.0. The largest absolute Gasteiger partial charge is 0.354 e. The van der Waals surface area contributed by atoms with Crippen LogP contribution >= 0.6 is 0 Å². The van der Waals surface area contributed by atoms with Crippen LogP contribution in [0.3, 0.4) is 0 Å². The summed E-state index contributed by atoms with van der Waals surface area (Å²) in [4.78, 5) is 19.4. The lowest BCUT2D eigenvalue weighted by molar-refractivity contribution is 0.568. The molecule has 0 spiro atoms. The van der Waals surface area contributed by atoms with Gasteiger partial charge >= 0.3 is 0 Å². The number of nitrogens with zero attached hydrogens (tertiary/aromatic N) is 2. The summed E-state index contributed by atoms with van der Waals surface area (Å²) in [7, 11) is 0. The van der Waals surface area contributed by atoms with Gasteiger partial charge in [0.05, 0.1) is 22.8 Å². The summed E-state index contributed by atoms with van der Waals surface area (Å²) in [5, 5.41) is 0. The highest BCUT2D eigenvalue weighted by molar-refractivity contribution is 6.00. The Labute approximate surface area is 435 Å². The fourth-order valence-corrected chi connectivity index (χ4v) is 9.95. The summed E-state index contributed by atoms with van der Waals surface area (Å²) in [6, 6.07) is 36.9. The van der Waals surface area contributed by atoms with Crippen molar-refractivity contribution in [1.29, 1.82) is 0 Å². The number of aromatic amines is 2. The number of aromatic nitrogens is 4. The molecule has 4 nitrogen and oxygen atoms in total. The van der Waals surface area contributed by atoms with E-state index in [1.165, 1.54) is 45.5 Å². The van der Waals surface area contributed by atoms with Crippen molar-refractivity contribution >= 4 is 46.4 Å². The lowest BCUT2D eigenvalue weighted by Crippen LogP contribution is -2.16. The molecular formula is C68H77FN4. The molecule has 0 fully saturated rings. The van der Waals surface area contributed by atoms with E-state index in [1.807, 2.05) is 12.1 Å². The molecule has 2 N–H and O–H groups in total. The molecule has 3 aromatic heterocycles. The van der Waals surface area contributed by atoms with E-state index in [0.29, 0.717) is 0 Å². The third kappa shape index (κ3) is 10.3. The predicted octanol–water partition coefficient (Wildman–Crippen LogP) is 19.2. The zero-order valence-electron chi connectivity index (χ0n) is 46.9. The first kappa shape index (κ1) is 51.3. The second-order valence-corrected chi connectivity index (χ2v) is 26.9. The molecule has 0 atom stereocenters. The van der Waals surface area contributed by atoms with Gasteiger partial charge < -0.3 is 9.97 Å². The van der Waals surface area contributed by atoms with Gasteiger partial charge in [-0.3, -0.25) is 0 Å². The molecule has 0 amide bonds. The molecular weight excluding hydrogens is 892 g/mol. The number of hydrogen-bond donors (Lipinski definition) is 2. The second-order valence-electron chi connectivity index (χ2n) is 26.9. The van der Waals surface area contributed by atoms with Crippen LogP contribution in [0.15, 0.2) is 103 Å². The minimum atomic E-state index is -0.287. The molecule has 9 rings (SSSR count). The fourth-order valence-electron chi connectivity index (χ4n) is 9.95. The van der Waals surface area contributed by atoms with Crippen molar-refractivity contribution in [3.8, 4) is 44.5 Å². The number of fused-ring (bicyclic) bond motifs is 8. The van der Waals surface area contributed by atoms with Gasteiger partial charge in [-0.25, -0.2) is 14.4 Å². The molecule has 0 saturated heterocycles. The summed E-state index contributed by atoms with van der Waals surface area (Å²) in [6.45, 7) is 41.3. The fraction of sp³-hybridized carbons (Fsp3) is 0.353. The van der Waals surface area contributed by atoms with Gasteiger partial charge in [0, 0.05) is 44.3 Å². The van der Waals surface area contributed by atoms with Crippen LogP contribution < -0.4 is 0 Å². The maximum atomic E-state index is 14.8. The summed E-state index contributed by atoms with van der Waals surface area (Å²) in [5.41, 5.74) is 22.1. The number of hydrogen-bond acceptors (Lipinski definition) is 2. The standard InChI is InChI=1S/C68H77FN4/c1-63(2,3)44-31-41(32-45(37-44)64(4,5)6)60-53-25-23-51(70-53)59(40-19-21-50(69)22-20-40)52-24-26-54(71-52)61(42-33-46(65(7,8)9)38-47(34-42)66(10,11)12)56-28-30-58(73-56)62(57-29-27-55(60)72-57)43-35-48(67(13,14)15)39-49(36-43)68(16,17)18/h19-39,70,73H,1-18H3. The topological polar surface area (TPSA) is 57.4 Å². The van der Waals surface area contributed by atoms with Crippen molar-refractivity contribution in [2.75, 3.05) is 0 Å². The molecule has 8 bridgehead atoms. The van der Waals surface area contributed by atoms with E-state index in [2.05, 4.69) is 238 Å². The van der Waals surface area contributed by atoms with Crippen molar-refractivity contribution in [2.24, 2.45) is 0 Å². The molecule has 2 aliphatic rings. The maximum absolute atomic E-state index is 14.8. The third-order valence-electron chi connectivity index (χ3n) is 14.7. The Bertz CT molecular complexity index is 3380. The molecule has 7 aromatic rings. The van der Waals surface area contributed by atoms with Gasteiger partial charge in [-0.2, -0.15) is 0 Å².